The average molecular weight is 428 g/mol. The van der Waals surface area contributed by atoms with Gasteiger partial charge < -0.3 is 20.9 Å². The van der Waals surface area contributed by atoms with Crippen LogP contribution in [0.5, 0.6) is 23.0 Å². The molecule has 0 radical (unpaired) electrons. The molecule has 4 nitrogen and oxygen atoms in total. The number of halogens is 6. The number of ether oxygens (including phenoxy) is 2. The van der Waals surface area contributed by atoms with Crippen molar-refractivity contribution in [3.63, 3.8) is 0 Å². The molecule has 158 valence electrons. The molecule has 10 heteroatoms. The number of hydrogen-bond donors (Lipinski definition) is 2. The Morgan fingerprint density at radius 3 is 1.17 bits per heavy atom. The van der Waals surface area contributed by atoms with E-state index in [-0.39, 0.29) is 22.9 Å². The van der Waals surface area contributed by atoms with Crippen LogP contribution in [-0.4, -0.2) is 0 Å². The van der Waals surface area contributed by atoms with Crippen molar-refractivity contribution in [2.24, 2.45) is 0 Å². The third-order valence-electron chi connectivity index (χ3n) is 3.90. The molecule has 0 aliphatic rings. The van der Waals surface area contributed by atoms with Crippen LogP contribution in [0, 0.1) is 0 Å². The van der Waals surface area contributed by atoms with E-state index in [4.69, 9.17) is 20.9 Å². The van der Waals surface area contributed by atoms with E-state index in [1.54, 1.807) is 0 Å². The van der Waals surface area contributed by atoms with E-state index >= 15 is 0 Å². The van der Waals surface area contributed by atoms with Crippen molar-refractivity contribution in [1.29, 1.82) is 0 Å². The summed E-state index contributed by atoms with van der Waals surface area (Å²) in [5, 5.41) is 0. The first-order valence-corrected chi connectivity index (χ1v) is 8.33. The first-order valence-electron chi connectivity index (χ1n) is 8.33. The molecule has 30 heavy (non-hydrogen) atoms. The second-order valence-corrected chi connectivity index (χ2v) is 6.18. The first-order chi connectivity index (χ1) is 13.9. The van der Waals surface area contributed by atoms with Gasteiger partial charge in [-0.25, -0.2) is 0 Å². The van der Waals surface area contributed by atoms with Crippen LogP contribution in [0.15, 0.2) is 60.7 Å². The van der Waals surface area contributed by atoms with Crippen LogP contribution in [0.3, 0.4) is 0 Å². The van der Waals surface area contributed by atoms with Crippen molar-refractivity contribution in [1.82, 2.24) is 0 Å². The maximum Gasteiger partial charge on any atom is 0.419 e. The van der Waals surface area contributed by atoms with Gasteiger partial charge in [0.25, 0.3) is 0 Å². The molecule has 0 fully saturated rings. The molecule has 0 aliphatic carbocycles. The highest BCUT2D eigenvalue weighted by Gasteiger charge is 2.35. The summed E-state index contributed by atoms with van der Waals surface area (Å²) in [6, 6.07) is 10.8. The number of rotatable bonds is 4. The first kappa shape index (κ1) is 21.2. The molecule has 0 aromatic heterocycles. The molecule has 3 rings (SSSR count). The molecule has 3 aromatic rings. The van der Waals surface area contributed by atoms with Crippen molar-refractivity contribution >= 4 is 11.4 Å². The van der Waals surface area contributed by atoms with E-state index < -0.39 is 35.0 Å². The highest BCUT2D eigenvalue weighted by molar-refractivity contribution is 5.52. The third kappa shape index (κ3) is 4.88. The largest absolute Gasteiger partial charge is 0.457 e. The summed E-state index contributed by atoms with van der Waals surface area (Å²) in [6.07, 6.45) is -9.32. The summed E-state index contributed by atoms with van der Waals surface area (Å²) in [5.74, 6) is -1.01. The summed E-state index contributed by atoms with van der Waals surface area (Å²) >= 11 is 0. The van der Waals surface area contributed by atoms with Gasteiger partial charge in [-0.05, 0) is 48.5 Å². The lowest BCUT2D eigenvalue weighted by atomic mass is 10.1. The Bertz CT molecular complexity index is 962. The minimum absolute atomic E-state index is 0.00192. The van der Waals surface area contributed by atoms with E-state index in [1.807, 2.05) is 0 Å². The summed E-state index contributed by atoms with van der Waals surface area (Å²) in [5.41, 5.74) is 9.15. The van der Waals surface area contributed by atoms with Crippen molar-refractivity contribution < 1.29 is 35.8 Å². The van der Waals surface area contributed by atoms with Crippen molar-refractivity contribution in [3.8, 4) is 23.0 Å². The molecular formula is C20H14F6N2O2. The zero-order valence-electron chi connectivity index (χ0n) is 15.0. The van der Waals surface area contributed by atoms with E-state index in [1.165, 1.54) is 24.3 Å². The lowest BCUT2D eigenvalue weighted by Crippen LogP contribution is -2.08. The molecule has 0 saturated carbocycles. The summed E-state index contributed by atoms with van der Waals surface area (Å²) in [7, 11) is 0. The zero-order chi connectivity index (χ0) is 22.1. The molecule has 0 bridgehead atoms. The number of benzene rings is 3. The molecule has 0 heterocycles. The number of anilines is 2. The number of alkyl halides is 6. The molecule has 0 aliphatic heterocycles. The Morgan fingerprint density at radius 2 is 0.867 bits per heavy atom. The predicted molar refractivity (Wildman–Crippen MR) is 98.3 cm³/mol. The van der Waals surface area contributed by atoms with Crippen LogP contribution in [0.1, 0.15) is 11.1 Å². The zero-order valence-corrected chi connectivity index (χ0v) is 15.0. The van der Waals surface area contributed by atoms with Crippen LogP contribution in [0.2, 0.25) is 0 Å². The van der Waals surface area contributed by atoms with Crippen LogP contribution < -0.4 is 20.9 Å². The highest BCUT2D eigenvalue weighted by Crippen LogP contribution is 2.41. The topological polar surface area (TPSA) is 70.5 Å². The minimum atomic E-state index is -4.66. The Hall–Kier alpha value is -3.56. The van der Waals surface area contributed by atoms with Gasteiger partial charge in [0.2, 0.25) is 0 Å². The van der Waals surface area contributed by atoms with Gasteiger partial charge in [0.1, 0.15) is 23.0 Å². The number of hydrogen-bond acceptors (Lipinski definition) is 4. The lowest BCUT2D eigenvalue weighted by Gasteiger charge is -2.16. The Labute approximate surface area is 166 Å². The summed E-state index contributed by atoms with van der Waals surface area (Å²) in [6.45, 7) is 0. The highest BCUT2D eigenvalue weighted by atomic mass is 19.4. The second kappa shape index (κ2) is 7.69. The average Bonchev–Trinajstić information content (AvgIpc) is 2.61. The molecule has 3 aromatic carbocycles. The molecule has 0 atom stereocenters. The quantitative estimate of drug-likeness (QED) is 0.369. The van der Waals surface area contributed by atoms with Crippen LogP contribution in [0.25, 0.3) is 0 Å². The van der Waals surface area contributed by atoms with Crippen LogP contribution >= 0.6 is 0 Å². The predicted octanol–water partition coefficient (Wildman–Crippen LogP) is 6.47. The van der Waals surface area contributed by atoms with Gasteiger partial charge in [-0.2, -0.15) is 26.3 Å². The fraction of sp³-hybridized carbons (Fsp3) is 0.100. The fourth-order valence-electron chi connectivity index (χ4n) is 2.54. The van der Waals surface area contributed by atoms with Crippen LogP contribution in [0.4, 0.5) is 37.7 Å². The maximum atomic E-state index is 13.1. The van der Waals surface area contributed by atoms with Gasteiger partial charge in [0, 0.05) is 23.5 Å². The molecular weight excluding hydrogens is 414 g/mol. The Kier molecular flexibility index (Phi) is 5.43. The van der Waals surface area contributed by atoms with Gasteiger partial charge in [-0.1, -0.05) is 0 Å². The fourth-order valence-corrected chi connectivity index (χ4v) is 2.54. The van der Waals surface area contributed by atoms with E-state index in [9.17, 15) is 26.3 Å². The molecule has 0 saturated heterocycles. The van der Waals surface area contributed by atoms with E-state index in [0.29, 0.717) is 0 Å². The maximum absolute atomic E-state index is 13.1. The van der Waals surface area contributed by atoms with E-state index in [0.717, 1.165) is 36.4 Å². The SMILES string of the molecule is Nc1ccc(C(F)(F)F)c(Oc2ccc(Oc3cc(N)ccc3C(F)(F)F)cc2)c1. The van der Waals surface area contributed by atoms with Crippen molar-refractivity contribution in [2.45, 2.75) is 12.4 Å². The Morgan fingerprint density at radius 1 is 0.533 bits per heavy atom. The molecule has 0 unspecified atom stereocenters. The van der Waals surface area contributed by atoms with Gasteiger partial charge in [0.05, 0.1) is 11.1 Å². The van der Waals surface area contributed by atoms with Gasteiger partial charge in [-0.15, -0.1) is 0 Å². The molecule has 0 amide bonds. The molecule has 4 N–H and O–H groups in total. The smallest absolute Gasteiger partial charge is 0.419 e. The minimum Gasteiger partial charge on any atom is -0.457 e. The monoisotopic (exact) mass is 428 g/mol. The summed E-state index contributed by atoms with van der Waals surface area (Å²) in [4.78, 5) is 0. The van der Waals surface area contributed by atoms with Crippen molar-refractivity contribution in [3.05, 3.63) is 71.8 Å². The van der Waals surface area contributed by atoms with Gasteiger partial charge >= 0.3 is 12.4 Å². The van der Waals surface area contributed by atoms with Crippen molar-refractivity contribution in [2.75, 3.05) is 11.5 Å². The van der Waals surface area contributed by atoms with E-state index in [2.05, 4.69) is 0 Å². The normalized spacial score (nSPS) is 11.9. The van der Waals surface area contributed by atoms with Crippen LogP contribution in [-0.2, 0) is 12.4 Å². The number of nitrogen functional groups attached to an aromatic ring is 2. The third-order valence-corrected chi connectivity index (χ3v) is 3.90. The van der Waals surface area contributed by atoms with Gasteiger partial charge in [-0.3, -0.25) is 0 Å². The van der Waals surface area contributed by atoms with Gasteiger partial charge in [0.15, 0.2) is 0 Å². The Balaban J connectivity index is 1.84. The molecule has 0 spiro atoms. The summed E-state index contributed by atoms with van der Waals surface area (Å²) < 4.78 is 89.2. The lowest BCUT2D eigenvalue weighted by molar-refractivity contribution is -0.139. The standard InChI is InChI=1S/C20H14F6N2O2/c21-19(22,23)15-7-1-11(27)9-17(15)29-13-3-5-14(6-4-13)30-18-10-12(28)2-8-16(18)20(24,25)26/h1-10H,27-28H2. The number of nitrogens with two attached hydrogens (primary N) is 2. The second-order valence-electron chi connectivity index (χ2n) is 6.18.